The molecule has 1 aromatic carbocycles. The van der Waals surface area contributed by atoms with Crippen LogP contribution in [0, 0.1) is 0 Å². The van der Waals surface area contributed by atoms with Gasteiger partial charge in [0.15, 0.2) is 0 Å². The van der Waals surface area contributed by atoms with Crippen LogP contribution in [0.2, 0.25) is 5.02 Å². The summed E-state index contributed by atoms with van der Waals surface area (Å²) < 4.78 is 13.3. The van der Waals surface area contributed by atoms with Crippen molar-refractivity contribution in [3.63, 3.8) is 0 Å². The zero-order valence-corrected chi connectivity index (χ0v) is 11.1. The van der Waals surface area contributed by atoms with Crippen LogP contribution in [0.4, 0.5) is 10.1 Å². The molecule has 1 saturated carbocycles. The molecule has 0 unspecified atom stereocenters. The molecule has 1 aliphatic carbocycles. The second-order valence-electron chi connectivity index (χ2n) is 4.95. The Balaban J connectivity index is 2.06. The molecule has 4 nitrogen and oxygen atoms in total. The molecule has 0 spiro atoms. The second kappa shape index (κ2) is 5.17. The van der Waals surface area contributed by atoms with Gasteiger partial charge >= 0.3 is 0 Å². The summed E-state index contributed by atoms with van der Waals surface area (Å²) in [5.41, 5.74) is -0.447. The minimum Gasteiger partial charge on any atom is -0.349 e. The first-order valence-corrected chi connectivity index (χ1v) is 6.28. The summed E-state index contributed by atoms with van der Waals surface area (Å²) in [4.78, 5) is 22.4. The average molecular weight is 285 g/mol. The number of alkyl halides is 1. The number of benzene rings is 1. The van der Waals surface area contributed by atoms with Crippen molar-refractivity contribution in [2.24, 2.45) is 0 Å². The standard InChI is InChI=1S/C13H14ClFN2O2/c1-13(15)5-9(6-13)17-12(19)10-4-8(16-7-18)2-3-11(10)14/h2-4,7,9H,5-6H2,1H3,(H,16,18)(H,17,19). The lowest BCUT2D eigenvalue weighted by atomic mass is 9.79. The van der Waals surface area contributed by atoms with Gasteiger partial charge in [0.05, 0.1) is 10.6 Å². The third-order valence-corrected chi connectivity index (χ3v) is 3.45. The highest BCUT2D eigenvalue weighted by Gasteiger charge is 2.41. The molecule has 0 radical (unpaired) electrons. The Kier molecular flexibility index (Phi) is 3.75. The molecule has 2 amide bonds. The third-order valence-electron chi connectivity index (χ3n) is 3.12. The first-order chi connectivity index (χ1) is 8.91. The molecular weight excluding hydrogens is 271 g/mol. The lowest BCUT2D eigenvalue weighted by Crippen LogP contribution is -2.51. The van der Waals surface area contributed by atoms with E-state index in [1.54, 1.807) is 6.07 Å². The Morgan fingerprint density at radius 3 is 2.79 bits per heavy atom. The smallest absolute Gasteiger partial charge is 0.253 e. The van der Waals surface area contributed by atoms with E-state index in [-0.39, 0.29) is 22.5 Å². The fraction of sp³-hybridized carbons (Fsp3) is 0.385. The van der Waals surface area contributed by atoms with Gasteiger partial charge in [0.1, 0.15) is 5.67 Å². The van der Waals surface area contributed by atoms with Gasteiger partial charge in [-0.25, -0.2) is 4.39 Å². The zero-order chi connectivity index (χ0) is 14.0. The van der Waals surface area contributed by atoms with Gasteiger partial charge in [0.2, 0.25) is 6.41 Å². The molecule has 0 bridgehead atoms. The predicted molar refractivity (Wildman–Crippen MR) is 71.1 cm³/mol. The molecule has 1 aliphatic rings. The summed E-state index contributed by atoms with van der Waals surface area (Å²) in [6.07, 6.45) is 1.14. The summed E-state index contributed by atoms with van der Waals surface area (Å²) in [5.74, 6) is -0.361. The van der Waals surface area contributed by atoms with Gasteiger partial charge < -0.3 is 10.6 Å². The minimum absolute atomic E-state index is 0.166. The molecule has 0 heterocycles. The highest BCUT2D eigenvalue weighted by Crippen LogP contribution is 2.35. The van der Waals surface area contributed by atoms with E-state index in [9.17, 15) is 14.0 Å². The van der Waals surface area contributed by atoms with E-state index in [1.165, 1.54) is 19.1 Å². The first-order valence-electron chi connectivity index (χ1n) is 5.91. The van der Waals surface area contributed by atoms with Gasteiger partial charge in [0, 0.05) is 24.6 Å². The average Bonchev–Trinajstić information content (AvgIpc) is 2.29. The third kappa shape index (κ3) is 3.23. The van der Waals surface area contributed by atoms with Crippen LogP contribution < -0.4 is 10.6 Å². The fourth-order valence-corrected chi connectivity index (χ4v) is 2.39. The molecule has 1 aromatic rings. The van der Waals surface area contributed by atoms with Gasteiger partial charge in [-0.05, 0) is 25.1 Å². The number of hydrogen-bond donors (Lipinski definition) is 2. The van der Waals surface area contributed by atoms with Crippen molar-refractivity contribution in [1.82, 2.24) is 5.32 Å². The van der Waals surface area contributed by atoms with Crippen molar-refractivity contribution in [3.8, 4) is 0 Å². The SMILES string of the molecule is CC1(F)CC(NC(=O)c2cc(NC=O)ccc2Cl)C1. The molecule has 0 aromatic heterocycles. The number of nitrogens with one attached hydrogen (secondary N) is 2. The van der Waals surface area contributed by atoms with Gasteiger partial charge in [-0.2, -0.15) is 0 Å². The Morgan fingerprint density at radius 1 is 1.53 bits per heavy atom. The van der Waals surface area contributed by atoms with E-state index in [0.29, 0.717) is 24.9 Å². The molecule has 102 valence electrons. The van der Waals surface area contributed by atoms with Crippen LogP contribution in [0.1, 0.15) is 30.1 Å². The number of rotatable bonds is 4. The Labute approximate surface area is 115 Å². The van der Waals surface area contributed by atoms with Crippen molar-refractivity contribution in [2.75, 3.05) is 5.32 Å². The number of amides is 2. The first kappa shape index (κ1) is 13.8. The summed E-state index contributed by atoms with van der Waals surface area (Å²) >= 11 is 5.94. The molecule has 0 atom stereocenters. The second-order valence-corrected chi connectivity index (χ2v) is 5.36. The lowest BCUT2D eigenvalue weighted by Gasteiger charge is -2.39. The number of anilines is 1. The van der Waals surface area contributed by atoms with Crippen molar-refractivity contribution in [1.29, 1.82) is 0 Å². The summed E-state index contributed by atoms with van der Waals surface area (Å²) in [5, 5.41) is 5.45. The van der Waals surface area contributed by atoms with Gasteiger partial charge in [-0.3, -0.25) is 9.59 Å². The van der Waals surface area contributed by atoms with Crippen LogP contribution in [0.25, 0.3) is 0 Å². The normalized spacial score (nSPS) is 25.3. The number of carbonyl (C=O) groups excluding carboxylic acids is 2. The quantitative estimate of drug-likeness (QED) is 0.835. The van der Waals surface area contributed by atoms with Crippen LogP contribution in [-0.4, -0.2) is 24.0 Å². The highest BCUT2D eigenvalue weighted by atomic mass is 35.5. The Morgan fingerprint density at radius 2 is 2.21 bits per heavy atom. The number of hydrogen-bond acceptors (Lipinski definition) is 2. The van der Waals surface area contributed by atoms with E-state index in [0.717, 1.165) is 0 Å². The van der Waals surface area contributed by atoms with Gasteiger partial charge in [0.25, 0.3) is 5.91 Å². The van der Waals surface area contributed by atoms with Crippen LogP contribution in [-0.2, 0) is 4.79 Å². The van der Waals surface area contributed by atoms with Crippen molar-refractivity contribution in [3.05, 3.63) is 28.8 Å². The van der Waals surface area contributed by atoms with Crippen LogP contribution in [0.15, 0.2) is 18.2 Å². The van der Waals surface area contributed by atoms with Crippen molar-refractivity contribution >= 4 is 29.6 Å². The minimum atomic E-state index is -1.19. The van der Waals surface area contributed by atoms with Crippen LogP contribution in [0.5, 0.6) is 0 Å². The molecule has 2 N–H and O–H groups in total. The predicted octanol–water partition coefficient (Wildman–Crippen LogP) is 2.53. The summed E-state index contributed by atoms with van der Waals surface area (Å²) in [6, 6.07) is 4.44. The Bertz CT molecular complexity index is 511. The highest BCUT2D eigenvalue weighted by molar-refractivity contribution is 6.34. The summed E-state index contributed by atoms with van der Waals surface area (Å²) in [6.45, 7) is 1.51. The molecule has 0 saturated heterocycles. The van der Waals surface area contributed by atoms with E-state index in [4.69, 9.17) is 11.6 Å². The zero-order valence-electron chi connectivity index (χ0n) is 10.4. The van der Waals surface area contributed by atoms with E-state index in [1.807, 2.05) is 0 Å². The maximum atomic E-state index is 13.3. The molecule has 19 heavy (non-hydrogen) atoms. The van der Waals surface area contributed by atoms with Gasteiger partial charge in [-0.15, -0.1) is 0 Å². The monoisotopic (exact) mass is 284 g/mol. The van der Waals surface area contributed by atoms with Gasteiger partial charge in [-0.1, -0.05) is 11.6 Å². The van der Waals surface area contributed by atoms with E-state index >= 15 is 0 Å². The van der Waals surface area contributed by atoms with E-state index < -0.39 is 5.67 Å². The topological polar surface area (TPSA) is 58.2 Å². The fourth-order valence-electron chi connectivity index (χ4n) is 2.19. The maximum Gasteiger partial charge on any atom is 0.253 e. The Hall–Kier alpha value is -1.62. The largest absolute Gasteiger partial charge is 0.349 e. The molecular formula is C13H14ClFN2O2. The van der Waals surface area contributed by atoms with Crippen molar-refractivity contribution in [2.45, 2.75) is 31.5 Å². The lowest BCUT2D eigenvalue weighted by molar-refractivity contribution is -0.105. The maximum absolute atomic E-state index is 13.3. The molecule has 6 heteroatoms. The number of halogens is 2. The molecule has 1 fully saturated rings. The number of carbonyl (C=O) groups is 2. The van der Waals surface area contributed by atoms with Crippen LogP contribution >= 0.6 is 11.6 Å². The van der Waals surface area contributed by atoms with E-state index in [2.05, 4.69) is 10.6 Å². The molecule has 2 rings (SSSR count). The molecule has 0 aliphatic heterocycles. The summed E-state index contributed by atoms with van der Waals surface area (Å²) in [7, 11) is 0. The van der Waals surface area contributed by atoms with Crippen LogP contribution in [0.3, 0.4) is 0 Å². The van der Waals surface area contributed by atoms with Crippen molar-refractivity contribution < 1.29 is 14.0 Å².